The zero-order valence-electron chi connectivity index (χ0n) is 18.3. The van der Waals surface area contributed by atoms with Gasteiger partial charge < -0.3 is 31.1 Å². The summed E-state index contributed by atoms with van der Waals surface area (Å²) in [6, 6.07) is 12.4. The number of hydrogen-bond acceptors (Lipinski definition) is 7. The highest BCUT2D eigenvalue weighted by molar-refractivity contribution is 6.07. The molecule has 1 aliphatic rings. The van der Waals surface area contributed by atoms with Gasteiger partial charge in [-0.05, 0) is 56.1 Å². The Balaban J connectivity index is 1.36. The molecule has 33 heavy (non-hydrogen) atoms. The van der Waals surface area contributed by atoms with Crippen LogP contribution in [0.15, 0.2) is 47.3 Å². The zero-order valence-corrected chi connectivity index (χ0v) is 18.3. The number of phenols is 1. The number of aromatic amines is 1. The van der Waals surface area contributed by atoms with Gasteiger partial charge in [-0.3, -0.25) is 4.79 Å². The number of phenolic OH excluding ortho intramolecular Hbond substituents is 1. The summed E-state index contributed by atoms with van der Waals surface area (Å²) in [6.45, 7) is 3.71. The molecule has 0 spiro atoms. The number of nitrogen functional groups attached to an aromatic ring is 1. The van der Waals surface area contributed by atoms with Gasteiger partial charge in [0.2, 0.25) is 0 Å². The van der Waals surface area contributed by atoms with E-state index in [0.29, 0.717) is 22.1 Å². The van der Waals surface area contributed by atoms with E-state index >= 15 is 0 Å². The molecule has 0 saturated carbocycles. The number of hydrogen-bond donors (Lipinski definition) is 5. The summed E-state index contributed by atoms with van der Waals surface area (Å²) < 4.78 is 1.48. The molecule has 9 nitrogen and oxygen atoms in total. The molecule has 9 heteroatoms. The second kappa shape index (κ2) is 8.76. The van der Waals surface area contributed by atoms with Gasteiger partial charge in [0.15, 0.2) is 0 Å². The molecule has 0 unspecified atom stereocenters. The van der Waals surface area contributed by atoms with Crippen LogP contribution in [0.5, 0.6) is 5.75 Å². The number of benzene rings is 2. The van der Waals surface area contributed by atoms with Crippen molar-refractivity contribution in [2.24, 2.45) is 0 Å². The Kier molecular flexibility index (Phi) is 5.65. The molecule has 1 aliphatic heterocycles. The number of nitrogens with two attached hydrogens (primary N) is 1. The van der Waals surface area contributed by atoms with Gasteiger partial charge in [-0.2, -0.15) is 5.10 Å². The molecule has 4 aromatic rings. The average Bonchev–Trinajstić information content (AvgIpc) is 3.16. The number of nitrogens with one attached hydrogen (secondary N) is 2. The molecule has 6 N–H and O–H groups in total. The summed E-state index contributed by atoms with van der Waals surface area (Å²) in [5.74, 6) is 0.324. The zero-order chi connectivity index (χ0) is 22.9. The second-order valence-corrected chi connectivity index (χ2v) is 8.61. The highest BCUT2D eigenvalue weighted by atomic mass is 16.3. The average molecular weight is 449 g/mol. The third-order valence-corrected chi connectivity index (χ3v) is 6.28. The largest absolute Gasteiger partial charge is 0.508 e. The lowest BCUT2D eigenvalue weighted by molar-refractivity contribution is 0.0825. The lowest BCUT2D eigenvalue weighted by atomic mass is 10.1. The van der Waals surface area contributed by atoms with Crippen molar-refractivity contribution in [3.05, 3.63) is 52.8 Å². The van der Waals surface area contributed by atoms with E-state index in [1.54, 1.807) is 24.3 Å². The summed E-state index contributed by atoms with van der Waals surface area (Å²) in [7, 11) is 0. The number of nitrogens with zero attached hydrogens (tertiary/aromatic N) is 3. The van der Waals surface area contributed by atoms with Gasteiger partial charge in [-0.15, -0.1) is 0 Å². The molecule has 5 rings (SSSR count). The number of H-pyrrole nitrogens is 1. The third kappa shape index (κ3) is 4.24. The number of aliphatic hydroxyl groups is 1. The van der Waals surface area contributed by atoms with Crippen LogP contribution in [0.1, 0.15) is 19.3 Å². The number of aromatic hydroxyl groups is 1. The van der Waals surface area contributed by atoms with Gasteiger partial charge in [-0.25, -0.2) is 4.68 Å². The van der Waals surface area contributed by atoms with Crippen LogP contribution in [0.4, 0.5) is 11.5 Å². The van der Waals surface area contributed by atoms with Crippen LogP contribution in [0.25, 0.3) is 27.5 Å². The van der Waals surface area contributed by atoms with Crippen LogP contribution in [-0.4, -0.2) is 62.2 Å². The predicted octanol–water partition coefficient (Wildman–Crippen LogP) is 2.41. The minimum atomic E-state index is -0.300. The van der Waals surface area contributed by atoms with E-state index in [9.17, 15) is 15.0 Å². The first-order chi connectivity index (χ1) is 16.0. The Morgan fingerprint density at radius 3 is 2.79 bits per heavy atom. The van der Waals surface area contributed by atoms with Crippen molar-refractivity contribution >= 4 is 33.3 Å². The molecule has 3 heterocycles. The third-order valence-electron chi connectivity index (χ3n) is 6.28. The number of fused-ring (bicyclic) bond motifs is 3. The van der Waals surface area contributed by atoms with Crippen molar-refractivity contribution in [2.75, 3.05) is 37.2 Å². The van der Waals surface area contributed by atoms with Crippen molar-refractivity contribution in [2.45, 2.75) is 25.4 Å². The highest BCUT2D eigenvalue weighted by Crippen LogP contribution is 2.28. The number of likely N-dealkylation sites (tertiary alicyclic amines) is 1. The fourth-order valence-electron chi connectivity index (χ4n) is 4.49. The molecule has 0 radical (unpaired) electrons. The van der Waals surface area contributed by atoms with E-state index in [-0.39, 0.29) is 23.2 Å². The highest BCUT2D eigenvalue weighted by Gasteiger charge is 2.18. The van der Waals surface area contributed by atoms with Crippen molar-refractivity contribution in [1.82, 2.24) is 19.7 Å². The number of aliphatic hydroxyl groups excluding tert-OH is 1. The van der Waals surface area contributed by atoms with E-state index in [4.69, 9.17) is 5.73 Å². The van der Waals surface area contributed by atoms with Crippen molar-refractivity contribution < 1.29 is 10.2 Å². The van der Waals surface area contributed by atoms with E-state index in [1.807, 2.05) is 18.2 Å². The molecule has 0 aliphatic carbocycles. The maximum absolute atomic E-state index is 12.8. The minimum absolute atomic E-state index is 0.0961. The summed E-state index contributed by atoms with van der Waals surface area (Å²) in [4.78, 5) is 18.1. The standard InChI is InChI=1S/C24H28N6O3/c25-23-21-22(28-30(23)16-3-1-4-18(32)14-16)19-6-5-15(13-20(19)27-24(21)33)26-9-2-10-29-11-7-17(31)8-12-29/h1,3-6,13-14,17,26,31-32H,2,7-12,25H2,(H,27,33). The summed E-state index contributed by atoms with van der Waals surface area (Å²) in [6.07, 6.45) is 2.55. The number of piperidine rings is 1. The van der Waals surface area contributed by atoms with Crippen LogP contribution in [0.3, 0.4) is 0 Å². The fraction of sp³-hybridized carbons (Fsp3) is 0.333. The maximum atomic E-state index is 12.8. The molecule has 2 aromatic heterocycles. The summed E-state index contributed by atoms with van der Waals surface area (Å²) >= 11 is 0. The van der Waals surface area contributed by atoms with Gasteiger partial charge in [-0.1, -0.05) is 6.07 Å². The number of anilines is 2. The lowest BCUT2D eigenvalue weighted by Crippen LogP contribution is -2.36. The van der Waals surface area contributed by atoms with Crippen molar-refractivity contribution in [3.8, 4) is 11.4 Å². The Bertz CT molecular complexity index is 1350. The first kappa shape index (κ1) is 21.3. The molecule has 1 saturated heterocycles. The number of aromatic nitrogens is 3. The lowest BCUT2D eigenvalue weighted by Gasteiger charge is -2.29. The molecular formula is C24H28N6O3. The van der Waals surface area contributed by atoms with Gasteiger partial charge in [0.1, 0.15) is 22.5 Å². The van der Waals surface area contributed by atoms with E-state index in [2.05, 4.69) is 20.3 Å². The normalized spacial score (nSPS) is 15.4. The Labute approximate surface area is 190 Å². The molecular weight excluding hydrogens is 420 g/mol. The van der Waals surface area contributed by atoms with Gasteiger partial charge in [0.25, 0.3) is 5.56 Å². The van der Waals surface area contributed by atoms with Gasteiger partial charge >= 0.3 is 0 Å². The molecule has 172 valence electrons. The maximum Gasteiger partial charge on any atom is 0.261 e. The monoisotopic (exact) mass is 448 g/mol. The molecule has 0 bridgehead atoms. The predicted molar refractivity (Wildman–Crippen MR) is 130 cm³/mol. The van der Waals surface area contributed by atoms with Crippen LogP contribution in [0, 0.1) is 0 Å². The molecule has 1 fully saturated rings. The van der Waals surface area contributed by atoms with Gasteiger partial charge in [0, 0.05) is 36.8 Å². The van der Waals surface area contributed by atoms with Crippen LogP contribution < -0.4 is 16.6 Å². The first-order valence-electron chi connectivity index (χ1n) is 11.3. The molecule has 0 atom stereocenters. The topological polar surface area (TPSA) is 132 Å². The summed E-state index contributed by atoms with van der Waals surface area (Å²) in [5, 5.41) is 28.6. The van der Waals surface area contributed by atoms with E-state index in [1.165, 1.54) is 4.68 Å². The Morgan fingerprint density at radius 2 is 2.00 bits per heavy atom. The van der Waals surface area contributed by atoms with Crippen molar-refractivity contribution in [3.63, 3.8) is 0 Å². The molecule has 2 aromatic carbocycles. The SMILES string of the molecule is Nc1c2c(=O)[nH]c3cc(NCCCN4CCC(O)CC4)ccc3c2nn1-c1cccc(O)c1. The smallest absolute Gasteiger partial charge is 0.261 e. The van der Waals surface area contributed by atoms with E-state index < -0.39 is 0 Å². The second-order valence-electron chi connectivity index (χ2n) is 8.61. The Hall–Kier alpha value is -3.56. The minimum Gasteiger partial charge on any atom is -0.508 e. The Morgan fingerprint density at radius 1 is 1.18 bits per heavy atom. The quantitative estimate of drug-likeness (QED) is 0.286. The van der Waals surface area contributed by atoms with Gasteiger partial charge in [0.05, 0.1) is 17.3 Å². The number of pyridine rings is 1. The first-order valence-corrected chi connectivity index (χ1v) is 11.3. The van der Waals surface area contributed by atoms with Crippen LogP contribution >= 0.6 is 0 Å². The molecule has 0 amide bonds. The van der Waals surface area contributed by atoms with Crippen LogP contribution in [0.2, 0.25) is 0 Å². The van der Waals surface area contributed by atoms with E-state index in [0.717, 1.165) is 56.5 Å². The number of rotatable bonds is 6. The fourth-order valence-corrected chi connectivity index (χ4v) is 4.49. The summed E-state index contributed by atoms with van der Waals surface area (Å²) in [5.41, 5.74) is 8.67. The van der Waals surface area contributed by atoms with Crippen LogP contribution in [-0.2, 0) is 0 Å². The van der Waals surface area contributed by atoms with Crippen molar-refractivity contribution in [1.29, 1.82) is 0 Å².